The molecule has 0 bridgehead atoms. The first-order chi connectivity index (χ1) is 31.1. The van der Waals surface area contributed by atoms with Crippen LogP contribution in [0.15, 0.2) is 212 Å². The van der Waals surface area contributed by atoms with Crippen LogP contribution in [-0.4, -0.2) is 15.0 Å². The number of fused-ring (bicyclic) bond motifs is 10. The van der Waals surface area contributed by atoms with Gasteiger partial charge in [-0.2, -0.15) is 0 Å². The zero-order valence-corrected chi connectivity index (χ0v) is 35.0. The highest BCUT2D eigenvalue weighted by molar-refractivity contribution is 6.01. The molecule has 0 aliphatic heterocycles. The summed E-state index contributed by atoms with van der Waals surface area (Å²) in [6, 6.07) is 75.1. The SMILES string of the molecule is Cc1cc(-c2ccccc2-c2ccccc2-c2ccc3c(c2)-c2c(-c4nc(C)cc(-c5cccc(-c6ccccc6)c5)n4)cccc2C32c3ccccc3-c3ccccc32)ccn1. The van der Waals surface area contributed by atoms with Crippen LogP contribution in [0.25, 0.3) is 89.4 Å². The molecule has 0 saturated heterocycles. The van der Waals surface area contributed by atoms with E-state index in [0.717, 1.165) is 50.7 Å². The molecule has 1 spiro atoms. The average molecular weight is 804 g/mol. The van der Waals surface area contributed by atoms with Crippen molar-refractivity contribution in [3.63, 3.8) is 0 Å². The molecule has 63 heavy (non-hydrogen) atoms. The van der Waals surface area contributed by atoms with Crippen molar-refractivity contribution in [1.82, 2.24) is 15.0 Å². The van der Waals surface area contributed by atoms with Gasteiger partial charge in [-0.3, -0.25) is 4.98 Å². The predicted molar refractivity (Wildman–Crippen MR) is 258 cm³/mol. The largest absolute Gasteiger partial charge is 0.262 e. The molecular weight excluding hydrogens is 763 g/mol. The number of hydrogen-bond acceptors (Lipinski definition) is 3. The Morgan fingerprint density at radius 1 is 0.317 bits per heavy atom. The summed E-state index contributed by atoms with van der Waals surface area (Å²) in [7, 11) is 0. The molecule has 0 N–H and O–H groups in total. The second-order valence-electron chi connectivity index (χ2n) is 16.8. The number of rotatable bonds is 6. The molecule has 2 aliphatic rings. The fraction of sp³-hybridized carbons (Fsp3) is 0.0500. The molecule has 10 aromatic rings. The van der Waals surface area contributed by atoms with Crippen LogP contribution >= 0.6 is 0 Å². The molecule has 0 fully saturated rings. The van der Waals surface area contributed by atoms with Crippen LogP contribution in [0, 0.1) is 13.8 Å². The van der Waals surface area contributed by atoms with E-state index in [1.165, 1.54) is 72.3 Å². The number of pyridine rings is 1. The Kier molecular flexibility index (Phi) is 8.52. The standard InChI is InChI=1S/C60H41N3/c1-38-34-43(32-33-61-38)46-21-7-9-23-48(46)47-22-8-6-20-45(47)42-30-31-55-52(37-42)58-51(26-15-29-56(58)60(55)53-27-12-10-24-49(53)50-25-11-13-28-54(50)60)59-62-39(2)35-57(63-59)44-19-14-18-41(36-44)40-16-4-3-5-17-40/h3-37H,1-2H3. The molecule has 3 heteroatoms. The third-order valence-corrected chi connectivity index (χ3v) is 13.1. The van der Waals surface area contributed by atoms with Gasteiger partial charge in [0.1, 0.15) is 0 Å². The Bertz CT molecular complexity index is 3390. The van der Waals surface area contributed by atoms with Crippen molar-refractivity contribution >= 4 is 0 Å². The lowest BCUT2D eigenvalue weighted by molar-refractivity contribution is 0.794. The van der Waals surface area contributed by atoms with Gasteiger partial charge in [0.2, 0.25) is 0 Å². The van der Waals surface area contributed by atoms with Crippen LogP contribution in [0.3, 0.4) is 0 Å². The molecule has 0 amide bonds. The second-order valence-corrected chi connectivity index (χ2v) is 16.8. The number of benzene rings is 8. The number of nitrogens with zero attached hydrogens (tertiary/aromatic N) is 3. The Morgan fingerprint density at radius 2 is 0.857 bits per heavy atom. The van der Waals surface area contributed by atoms with Crippen molar-refractivity contribution in [2.75, 3.05) is 0 Å². The Balaban J connectivity index is 1.10. The smallest absolute Gasteiger partial charge is 0.160 e. The van der Waals surface area contributed by atoms with Gasteiger partial charge in [0.25, 0.3) is 0 Å². The van der Waals surface area contributed by atoms with Crippen molar-refractivity contribution in [3.8, 4) is 89.4 Å². The van der Waals surface area contributed by atoms with Crippen LogP contribution in [0.5, 0.6) is 0 Å². The van der Waals surface area contributed by atoms with E-state index in [1.54, 1.807) is 0 Å². The zero-order valence-electron chi connectivity index (χ0n) is 35.0. The maximum Gasteiger partial charge on any atom is 0.160 e. The van der Waals surface area contributed by atoms with Crippen molar-refractivity contribution in [2.24, 2.45) is 0 Å². The van der Waals surface area contributed by atoms with Gasteiger partial charge in [-0.15, -0.1) is 0 Å². The van der Waals surface area contributed by atoms with E-state index < -0.39 is 5.41 Å². The Hall–Kier alpha value is -8.01. The van der Waals surface area contributed by atoms with E-state index in [0.29, 0.717) is 0 Å². The summed E-state index contributed by atoms with van der Waals surface area (Å²) in [6.07, 6.45) is 1.90. The van der Waals surface area contributed by atoms with Gasteiger partial charge in [0, 0.05) is 28.7 Å². The minimum absolute atomic E-state index is 0.519. The molecule has 2 aromatic heterocycles. The van der Waals surface area contributed by atoms with E-state index in [1.807, 2.05) is 6.20 Å². The molecule has 0 saturated carbocycles. The van der Waals surface area contributed by atoms with E-state index in [2.05, 4.69) is 225 Å². The van der Waals surface area contributed by atoms with E-state index in [9.17, 15) is 0 Å². The first-order valence-electron chi connectivity index (χ1n) is 21.7. The maximum atomic E-state index is 5.43. The monoisotopic (exact) mass is 803 g/mol. The summed E-state index contributed by atoms with van der Waals surface area (Å²) in [5.74, 6) is 0.724. The number of aryl methyl sites for hydroxylation is 2. The van der Waals surface area contributed by atoms with E-state index in [-0.39, 0.29) is 0 Å². The lowest BCUT2D eigenvalue weighted by Gasteiger charge is -2.30. The topological polar surface area (TPSA) is 38.7 Å². The summed E-state index contributed by atoms with van der Waals surface area (Å²) in [6.45, 7) is 4.13. The van der Waals surface area contributed by atoms with Gasteiger partial charge in [-0.05, 0) is 133 Å². The van der Waals surface area contributed by atoms with Crippen LogP contribution in [0.2, 0.25) is 0 Å². The lowest BCUT2D eigenvalue weighted by Crippen LogP contribution is -2.25. The van der Waals surface area contributed by atoms with E-state index >= 15 is 0 Å². The van der Waals surface area contributed by atoms with Crippen LogP contribution < -0.4 is 0 Å². The summed E-state index contributed by atoms with van der Waals surface area (Å²) in [4.78, 5) is 15.2. The fourth-order valence-electron chi connectivity index (χ4n) is 10.5. The predicted octanol–water partition coefficient (Wildman–Crippen LogP) is 14.8. The summed E-state index contributed by atoms with van der Waals surface area (Å²) in [5.41, 5.74) is 23.9. The van der Waals surface area contributed by atoms with Crippen LogP contribution in [-0.2, 0) is 5.41 Å². The van der Waals surface area contributed by atoms with Crippen LogP contribution in [0.4, 0.5) is 0 Å². The molecule has 8 aromatic carbocycles. The lowest BCUT2D eigenvalue weighted by atomic mass is 9.70. The molecule has 12 rings (SSSR count). The molecule has 0 atom stereocenters. The molecule has 2 aliphatic carbocycles. The highest BCUT2D eigenvalue weighted by Gasteiger charge is 2.52. The van der Waals surface area contributed by atoms with Crippen molar-refractivity contribution in [3.05, 3.63) is 246 Å². The van der Waals surface area contributed by atoms with Crippen molar-refractivity contribution in [1.29, 1.82) is 0 Å². The highest BCUT2D eigenvalue weighted by atomic mass is 14.9. The minimum Gasteiger partial charge on any atom is -0.262 e. The second kappa shape index (κ2) is 14.6. The number of aromatic nitrogens is 3. The van der Waals surface area contributed by atoms with Crippen molar-refractivity contribution < 1.29 is 0 Å². The molecular formula is C60H41N3. The Labute approximate surface area is 368 Å². The van der Waals surface area contributed by atoms with Gasteiger partial charge in [0.05, 0.1) is 11.1 Å². The minimum atomic E-state index is -0.519. The normalized spacial score (nSPS) is 12.7. The van der Waals surface area contributed by atoms with Gasteiger partial charge >= 0.3 is 0 Å². The summed E-state index contributed by atoms with van der Waals surface area (Å²) < 4.78 is 0. The maximum absolute atomic E-state index is 5.43. The summed E-state index contributed by atoms with van der Waals surface area (Å²) >= 11 is 0. The average Bonchev–Trinajstić information content (AvgIpc) is 3.81. The summed E-state index contributed by atoms with van der Waals surface area (Å²) in [5, 5.41) is 0. The highest BCUT2D eigenvalue weighted by Crippen LogP contribution is 2.64. The molecule has 0 radical (unpaired) electrons. The quantitative estimate of drug-likeness (QED) is 0.168. The van der Waals surface area contributed by atoms with Gasteiger partial charge in [-0.25, -0.2) is 9.97 Å². The fourth-order valence-corrected chi connectivity index (χ4v) is 10.5. The first-order valence-corrected chi connectivity index (χ1v) is 21.7. The zero-order chi connectivity index (χ0) is 42.1. The van der Waals surface area contributed by atoms with E-state index in [4.69, 9.17) is 9.97 Å². The van der Waals surface area contributed by atoms with Crippen molar-refractivity contribution in [2.45, 2.75) is 19.3 Å². The molecule has 296 valence electrons. The first kappa shape index (κ1) is 36.8. The third-order valence-electron chi connectivity index (χ3n) is 13.1. The van der Waals surface area contributed by atoms with Crippen LogP contribution in [0.1, 0.15) is 33.6 Å². The Morgan fingerprint density at radius 3 is 1.56 bits per heavy atom. The molecule has 2 heterocycles. The molecule has 3 nitrogen and oxygen atoms in total. The van der Waals surface area contributed by atoms with Gasteiger partial charge in [0.15, 0.2) is 5.82 Å². The number of hydrogen-bond donors (Lipinski definition) is 0. The van der Waals surface area contributed by atoms with Gasteiger partial charge < -0.3 is 0 Å². The van der Waals surface area contributed by atoms with Gasteiger partial charge in [-0.1, -0.05) is 176 Å². The third kappa shape index (κ3) is 5.77. The molecule has 0 unspecified atom stereocenters.